The van der Waals surface area contributed by atoms with Crippen LogP contribution < -0.4 is 5.32 Å². The molecular weight excluding hydrogens is 272 g/mol. The molecule has 0 saturated carbocycles. The first-order valence-corrected chi connectivity index (χ1v) is 8.59. The molecule has 0 amide bonds. The van der Waals surface area contributed by atoms with E-state index in [1.807, 2.05) is 12.1 Å². The van der Waals surface area contributed by atoms with Gasteiger partial charge < -0.3 is 5.32 Å². The van der Waals surface area contributed by atoms with Crippen LogP contribution in [0, 0.1) is 0 Å². The fourth-order valence-corrected chi connectivity index (χ4v) is 2.85. The average molecular weight is 298 g/mol. The first kappa shape index (κ1) is 17.1. The maximum atomic E-state index is 12.0. The van der Waals surface area contributed by atoms with Crippen molar-refractivity contribution in [2.75, 3.05) is 20.6 Å². The molecule has 1 rings (SSSR count). The minimum absolute atomic E-state index is 0.239. The Morgan fingerprint density at radius 2 is 1.75 bits per heavy atom. The number of nitrogens with one attached hydrogen (secondary N) is 1. The maximum Gasteiger partial charge on any atom is 0.242 e. The van der Waals surface area contributed by atoms with Gasteiger partial charge >= 0.3 is 0 Å². The van der Waals surface area contributed by atoms with E-state index in [9.17, 15) is 8.42 Å². The summed E-state index contributed by atoms with van der Waals surface area (Å²) in [5.74, 6) is 0. The summed E-state index contributed by atoms with van der Waals surface area (Å²) in [5, 5.41) is 3.45. The van der Waals surface area contributed by atoms with Gasteiger partial charge in [-0.25, -0.2) is 12.7 Å². The van der Waals surface area contributed by atoms with Gasteiger partial charge in [0, 0.05) is 20.1 Å². The average Bonchev–Trinajstić information content (AvgIpc) is 2.43. The second-order valence-corrected chi connectivity index (χ2v) is 7.39. The number of hydrogen-bond acceptors (Lipinski definition) is 3. The van der Waals surface area contributed by atoms with Crippen molar-refractivity contribution in [3.05, 3.63) is 29.8 Å². The third kappa shape index (κ3) is 4.58. The van der Waals surface area contributed by atoms with Crippen molar-refractivity contribution in [1.82, 2.24) is 9.62 Å². The molecule has 20 heavy (non-hydrogen) atoms. The lowest BCUT2D eigenvalue weighted by Crippen LogP contribution is -2.22. The summed E-state index contributed by atoms with van der Waals surface area (Å²) in [6.45, 7) is 5.28. The molecule has 1 atom stereocenters. The molecular formula is C15H26N2O2S. The van der Waals surface area contributed by atoms with Crippen LogP contribution in [0.5, 0.6) is 0 Å². The van der Waals surface area contributed by atoms with Crippen molar-refractivity contribution in [3.8, 4) is 0 Å². The largest absolute Gasteiger partial charge is 0.310 e. The SMILES string of the molecule is CCCCCNC(C)c1ccc(S(=O)(=O)N(C)C)cc1. The molecule has 0 saturated heterocycles. The van der Waals surface area contributed by atoms with Crippen LogP contribution in [0.3, 0.4) is 0 Å². The van der Waals surface area contributed by atoms with Crippen LogP contribution in [-0.4, -0.2) is 33.4 Å². The predicted octanol–water partition coefficient (Wildman–Crippen LogP) is 2.78. The van der Waals surface area contributed by atoms with Gasteiger partial charge in [-0.05, 0) is 37.6 Å². The van der Waals surface area contributed by atoms with Gasteiger partial charge in [0.15, 0.2) is 0 Å². The number of unbranched alkanes of at least 4 members (excludes halogenated alkanes) is 2. The Morgan fingerprint density at radius 3 is 2.25 bits per heavy atom. The Kier molecular flexibility index (Phi) is 6.65. The molecule has 0 aliphatic carbocycles. The van der Waals surface area contributed by atoms with E-state index in [-0.39, 0.29) is 6.04 Å². The summed E-state index contributed by atoms with van der Waals surface area (Å²) >= 11 is 0. The van der Waals surface area contributed by atoms with Crippen LogP contribution in [0.2, 0.25) is 0 Å². The van der Waals surface area contributed by atoms with E-state index in [4.69, 9.17) is 0 Å². The minimum atomic E-state index is -3.33. The van der Waals surface area contributed by atoms with Gasteiger partial charge in [0.2, 0.25) is 10.0 Å². The molecule has 0 aromatic heterocycles. The second-order valence-electron chi connectivity index (χ2n) is 5.24. The molecule has 0 aliphatic heterocycles. The molecule has 0 fully saturated rings. The topological polar surface area (TPSA) is 49.4 Å². The lowest BCUT2D eigenvalue weighted by atomic mass is 10.1. The van der Waals surface area contributed by atoms with Crippen LogP contribution in [0.4, 0.5) is 0 Å². The van der Waals surface area contributed by atoms with Crippen molar-refractivity contribution in [3.63, 3.8) is 0 Å². The zero-order valence-corrected chi connectivity index (χ0v) is 13.7. The molecule has 1 N–H and O–H groups in total. The Labute approximate surface area is 123 Å². The van der Waals surface area contributed by atoms with Gasteiger partial charge in [-0.3, -0.25) is 0 Å². The lowest BCUT2D eigenvalue weighted by molar-refractivity contribution is 0.520. The highest BCUT2D eigenvalue weighted by molar-refractivity contribution is 7.89. The molecule has 1 aromatic rings. The van der Waals surface area contributed by atoms with Crippen molar-refractivity contribution in [2.45, 2.75) is 44.0 Å². The Morgan fingerprint density at radius 1 is 1.15 bits per heavy atom. The Hall–Kier alpha value is -0.910. The molecule has 4 nitrogen and oxygen atoms in total. The number of nitrogens with zero attached hydrogens (tertiary/aromatic N) is 1. The number of rotatable bonds is 8. The highest BCUT2D eigenvalue weighted by Crippen LogP contribution is 2.18. The molecule has 114 valence electrons. The normalized spacial score (nSPS) is 13.7. The highest BCUT2D eigenvalue weighted by Gasteiger charge is 2.17. The van der Waals surface area contributed by atoms with Crippen molar-refractivity contribution in [2.24, 2.45) is 0 Å². The van der Waals surface area contributed by atoms with Gasteiger partial charge in [0.25, 0.3) is 0 Å². The monoisotopic (exact) mass is 298 g/mol. The highest BCUT2D eigenvalue weighted by atomic mass is 32.2. The fourth-order valence-electron chi connectivity index (χ4n) is 1.95. The molecule has 5 heteroatoms. The summed E-state index contributed by atoms with van der Waals surface area (Å²) in [5.41, 5.74) is 1.11. The quantitative estimate of drug-likeness (QED) is 0.751. The summed E-state index contributed by atoms with van der Waals surface area (Å²) in [7, 11) is -0.245. The van der Waals surface area contributed by atoms with E-state index in [1.165, 1.54) is 23.6 Å². The van der Waals surface area contributed by atoms with E-state index >= 15 is 0 Å². The molecule has 1 unspecified atom stereocenters. The van der Waals surface area contributed by atoms with Crippen LogP contribution in [0.15, 0.2) is 29.2 Å². The van der Waals surface area contributed by atoms with Crippen LogP contribution in [0.25, 0.3) is 0 Å². The van der Waals surface area contributed by atoms with Gasteiger partial charge in [-0.2, -0.15) is 0 Å². The van der Waals surface area contributed by atoms with Gasteiger partial charge in [0.05, 0.1) is 4.90 Å². The van der Waals surface area contributed by atoms with E-state index in [2.05, 4.69) is 19.2 Å². The van der Waals surface area contributed by atoms with Crippen molar-refractivity contribution >= 4 is 10.0 Å². The van der Waals surface area contributed by atoms with E-state index < -0.39 is 10.0 Å². The zero-order valence-electron chi connectivity index (χ0n) is 12.9. The third-order valence-corrected chi connectivity index (χ3v) is 5.22. The molecule has 0 spiro atoms. The van der Waals surface area contributed by atoms with Gasteiger partial charge in [-0.1, -0.05) is 31.9 Å². The van der Waals surface area contributed by atoms with Crippen LogP contribution >= 0.6 is 0 Å². The van der Waals surface area contributed by atoms with Crippen molar-refractivity contribution < 1.29 is 8.42 Å². The Balaban J connectivity index is 2.67. The van der Waals surface area contributed by atoms with Gasteiger partial charge in [-0.15, -0.1) is 0 Å². The first-order valence-electron chi connectivity index (χ1n) is 7.15. The predicted molar refractivity (Wildman–Crippen MR) is 83.3 cm³/mol. The summed E-state index contributed by atoms with van der Waals surface area (Å²) < 4.78 is 25.2. The van der Waals surface area contributed by atoms with E-state index in [0.717, 1.165) is 12.1 Å². The smallest absolute Gasteiger partial charge is 0.242 e. The molecule has 0 heterocycles. The first-order chi connectivity index (χ1) is 9.39. The van der Waals surface area contributed by atoms with E-state index in [0.29, 0.717) is 4.90 Å². The number of hydrogen-bond donors (Lipinski definition) is 1. The van der Waals surface area contributed by atoms with Gasteiger partial charge in [0.1, 0.15) is 0 Å². The Bertz CT molecular complexity index is 495. The maximum absolute atomic E-state index is 12.0. The fraction of sp³-hybridized carbons (Fsp3) is 0.600. The lowest BCUT2D eigenvalue weighted by Gasteiger charge is -2.16. The summed E-state index contributed by atoms with van der Waals surface area (Å²) in [4.78, 5) is 0.337. The van der Waals surface area contributed by atoms with Crippen LogP contribution in [-0.2, 0) is 10.0 Å². The summed E-state index contributed by atoms with van der Waals surface area (Å²) in [6.07, 6.45) is 3.63. The number of sulfonamides is 1. The molecule has 0 radical (unpaired) electrons. The third-order valence-electron chi connectivity index (χ3n) is 3.39. The standard InChI is InChI=1S/C15H26N2O2S/c1-5-6-7-12-16-13(2)14-8-10-15(11-9-14)20(18,19)17(3)4/h8-11,13,16H,5-7,12H2,1-4H3. The van der Waals surface area contributed by atoms with Crippen molar-refractivity contribution in [1.29, 1.82) is 0 Å². The molecule has 0 bridgehead atoms. The zero-order chi connectivity index (χ0) is 15.2. The molecule has 1 aromatic carbocycles. The molecule has 0 aliphatic rings. The second kappa shape index (κ2) is 7.76. The van der Waals surface area contributed by atoms with E-state index in [1.54, 1.807) is 26.2 Å². The van der Waals surface area contributed by atoms with Crippen LogP contribution in [0.1, 0.15) is 44.7 Å². The minimum Gasteiger partial charge on any atom is -0.310 e. The summed E-state index contributed by atoms with van der Waals surface area (Å²) in [6, 6.07) is 7.36. The number of benzene rings is 1.